The van der Waals surface area contributed by atoms with Crippen molar-refractivity contribution in [2.75, 3.05) is 46.4 Å². The van der Waals surface area contributed by atoms with Gasteiger partial charge in [-0.25, -0.2) is 13.8 Å². The number of piperidine rings is 1. The van der Waals surface area contributed by atoms with E-state index in [1.54, 1.807) is 13.2 Å². The van der Waals surface area contributed by atoms with Gasteiger partial charge >= 0.3 is 0 Å². The molecule has 2 fully saturated rings. The minimum absolute atomic E-state index is 0.192. The second-order valence-corrected chi connectivity index (χ2v) is 11.5. The highest BCUT2D eigenvalue weighted by Crippen LogP contribution is 2.35. The van der Waals surface area contributed by atoms with Gasteiger partial charge in [-0.3, -0.25) is 9.20 Å². The molecule has 0 radical (unpaired) electrons. The summed E-state index contributed by atoms with van der Waals surface area (Å²) in [5.74, 6) is 0.364. The van der Waals surface area contributed by atoms with Gasteiger partial charge in [0.25, 0.3) is 5.91 Å². The predicted molar refractivity (Wildman–Crippen MR) is 150 cm³/mol. The van der Waals surface area contributed by atoms with Gasteiger partial charge in [-0.1, -0.05) is 17.4 Å². The van der Waals surface area contributed by atoms with E-state index in [4.69, 9.17) is 9.72 Å². The number of carbonyl (C=O) groups is 1. The van der Waals surface area contributed by atoms with Crippen LogP contribution in [0.25, 0.3) is 26.4 Å². The number of alkyl halides is 1. The Bertz CT molecular complexity index is 1490. The molecule has 1 atom stereocenters. The molecule has 0 spiro atoms. The molecule has 10 heteroatoms. The van der Waals surface area contributed by atoms with Crippen LogP contribution >= 0.6 is 11.3 Å². The van der Waals surface area contributed by atoms with Crippen LogP contribution in [0, 0.1) is 5.82 Å². The van der Waals surface area contributed by atoms with E-state index in [0.717, 1.165) is 66.3 Å². The minimum atomic E-state index is -0.679. The van der Waals surface area contributed by atoms with Gasteiger partial charge in [0.15, 0.2) is 4.96 Å². The number of benzene rings is 2. The zero-order valence-corrected chi connectivity index (χ0v) is 22.8. The molecule has 206 valence electrons. The number of fused-ring (bicyclic) bond motifs is 3. The number of carbonyl (C=O) groups excluding carboxylic acids is 1. The van der Waals surface area contributed by atoms with Crippen LogP contribution in [0.2, 0.25) is 0 Å². The Morgan fingerprint density at radius 2 is 2.08 bits per heavy atom. The van der Waals surface area contributed by atoms with Gasteiger partial charge in [-0.15, -0.1) is 0 Å². The van der Waals surface area contributed by atoms with E-state index in [-0.39, 0.29) is 11.7 Å². The molecule has 2 aromatic carbocycles. The third-order valence-electron chi connectivity index (χ3n) is 7.91. The van der Waals surface area contributed by atoms with Crippen LogP contribution in [0.5, 0.6) is 5.75 Å². The van der Waals surface area contributed by atoms with Gasteiger partial charge in [-0.05, 0) is 68.5 Å². The lowest BCUT2D eigenvalue weighted by Crippen LogP contribution is -2.36. The molecule has 4 heterocycles. The van der Waals surface area contributed by atoms with Gasteiger partial charge in [-0.2, -0.15) is 0 Å². The molecule has 2 aliphatic rings. The Morgan fingerprint density at radius 1 is 1.23 bits per heavy atom. The zero-order chi connectivity index (χ0) is 26.9. The van der Waals surface area contributed by atoms with Gasteiger partial charge < -0.3 is 20.3 Å². The Morgan fingerprint density at radius 3 is 2.82 bits per heavy atom. The maximum Gasteiger partial charge on any atom is 0.255 e. The van der Waals surface area contributed by atoms with Gasteiger partial charge in [0.05, 0.1) is 28.6 Å². The summed E-state index contributed by atoms with van der Waals surface area (Å²) in [5.41, 5.74) is 3.40. The molecular formula is C29H33F2N5O2S. The predicted octanol–water partition coefficient (Wildman–Crippen LogP) is 4.99. The van der Waals surface area contributed by atoms with Crippen LogP contribution in [0.15, 0.2) is 36.5 Å². The van der Waals surface area contributed by atoms with Crippen LogP contribution in [-0.2, 0) is 0 Å². The summed E-state index contributed by atoms with van der Waals surface area (Å²) in [6, 6.07) is 9.13. The zero-order valence-electron chi connectivity index (χ0n) is 22.0. The van der Waals surface area contributed by atoms with Crippen LogP contribution in [0.3, 0.4) is 0 Å². The van der Waals surface area contributed by atoms with E-state index in [1.807, 2.05) is 34.9 Å². The lowest BCUT2D eigenvalue weighted by molar-refractivity contribution is 0.0947. The number of rotatable bonds is 8. The molecule has 6 rings (SSSR count). The Hall–Kier alpha value is -3.08. The second kappa shape index (κ2) is 11.2. The van der Waals surface area contributed by atoms with Crippen molar-refractivity contribution >= 4 is 32.4 Å². The molecule has 2 aliphatic heterocycles. The van der Waals surface area contributed by atoms with Crippen molar-refractivity contribution in [2.24, 2.45) is 0 Å². The molecule has 4 aromatic rings. The number of amides is 1. The molecule has 1 unspecified atom stereocenters. The summed E-state index contributed by atoms with van der Waals surface area (Å²) in [5, 5.41) is 6.32. The number of hydrogen-bond acceptors (Lipinski definition) is 6. The van der Waals surface area contributed by atoms with Crippen molar-refractivity contribution in [1.82, 2.24) is 24.9 Å². The standard InChI is InChI=1S/C29H33F2N5O2S/c1-38-26-15-25-27(14-22(26)28(37)33-8-2-10-35-11-6-20(30)7-12-35)39-29-34-24(17-36(25)29)21-4-3-18(13-23(21)31)19-5-9-32-16-19/h3-4,13-15,17,19-20,32H,2,5-12,16H2,1H3,(H,33,37). The summed E-state index contributed by atoms with van der Waals surface area (Å²) < 4.78 is 36.8. The third-order valence-corrected chi connectivity index (χ3v) is 8.93. The average Bonchev–Trinajstić information content (AvgIpc) is 3.68. The Labute approximate surface area is 230 Å². The number of thiazole rings is 1. The first kappa shape index (κ1) is 26.2. The maximum atomic E-state index is 15.1. The third kappa shape index (κ3) is 5.37. The highest BCUT2D eigenvalue weighted by Gasteiger charge is 2.22. The normalized spacial score (nSPS) is 18.8. The Kier molecular flexibility index (Phi) is 7.51. The lowest BCUT2D eigenvalue weighted by Gasteiger charge is -2.28. The first-order chi connectivity index (χ1) is 19.0. The molecule has 0 bridgehead atoms. The van der Waals surface area contributed by atoms with Crippen LogP contribution in [0.1, 0.15) is 47.5 Å². The summed E-state index contributed by atoms with van der Waals surface area (Å²) in [7, 11) is 1.55. The number of aromatic nitrogens is 2. The maximum absolute atomic E-state index is 15.1. The van der Waals surface area contributed by atoms with Crippen molar-refractivity contribution in [2.45, 2.75) is 37.8 Å². The molecular weight excluding hydrogens is 520 g/mol. The SMILES string of the molecule is COc1cc2c(cc1C(=O)NCCCN1CCC(F)CC1)sc1nc(-c3ccc(C4CCNC4)cc3F)cn12. The molecule has 7 nitrogen and oxygen atoms in total. The number of likely N-dealkylation sites (tertiary alicyclic amines) is 1. The van der Waals surface area contributed by atoms with Gasteiger partial charge in [0.2, 0.25) is 0 Å². The van der Waals surface area contributed by atoms with Crippen LogP contribution < -0.4 is 15.4 Å². The smallest absolute Gasteiger partial charge is 0.255 e. The van der Waals surface area contributed by atoms with Crippen molar-refractivity contribution in [3.8, 4) is 17.0 Å². The monoisotopic (exact) mass is 553 g/mol. The summed E-state index contributed by atoms with van der Waals surface area (Å²) >= 11 is 1.45. The number of nitrogens with one attached hydrogen (secondary N) is 2. The minimum Gasteiger partial charge on any atom is -0.496 e. The average molecular weight is 554 g/mol. The van der Waals surface area contributed by atoms with E-state index in [0.29, 0.717) is 47.9 Å². The van der Waals surface area contributed by atoms with Crippen molar-refractivity contribution in [3.63, 3.8) is 0 Å². The number of hydrogen-bond donors (Lipinski definition) is 2. The fraction of sp³-hybridized carbons (Fsp3) is 0.448. The Balaban J connectivity index is 1.18. The summed E-state index contributed by atoms with van der Waals surface area (Å²) in [4.78, 5) is 20.7. The fourth-order valence-electron chi connectivity index (χ4n) is 5.66. The number of imidazole rings is 1. The molecule has 2 saturated heterocycles. The van der Waals surface area contributed by atoms with Gasteiger partial charge in [0, 0.05) is 44.0 Å². The second-order valence-electron chi connectivity index (χ2n) is 10.5. The molecule has 0 aliphatic carbocycles. The molecule has 2 N–H and O–H groups in total. The highest BCUT2D eigenvalue weighted by molar-refractivity contribution is 7.23. The molecule has 2 aromatic heterocycles. The number of ether oxygens (including phenoxy) is 1. The summed E-state index contributed by atoms with van der Waals surface area (Å²) in [6.07, 6.45) is 4.17. The largest absolute Gasteiger partial charge is 0.496 e. The first-order valence-electron chi connectivity index (χ1n) is 13.6. The van der Waals surface area contributed by atoms with E-state index >= 15 is 4.39 Å². The molecule has 1 amide bonds. The number of nitrogens with zero attached hydrogens (tertiary/aromatic N) is 3. The van der Waals surface area contributed by atoms with Crippen LogP contribution in [-0.4, -0.2) is 72.7 Å². The van der Waals surface area contributed by atoms with Crippen molar-refractivity contribution in [3.05, 3.63) is 53.5 Å². The number of halogens is 2. The fourth-order valence-corrected chi connectivity index (χ4v) is 6.69. The van der Waals surface area contributed by atoms with Crippen LogP contribution in [0.4, 0.5) is 8.78 Å². The van der Waals surface area contributed by atoms with Gasteiger partial charge in [0.1, 0.15) is 17.7 Å². The van der Waals surface area contributed by atoms with E-state index < -0.39 is 6.17 Å². The number of methoxy groups -OCH3 is 1. The van der Waals surface area contributed by atoms with E-state index in [2.05, 4.69) is 15.5 Å². The van der Waals surface area contributed by atoms with E-state index in [9.17, 15) is 9.18 Å². The topological polar surface area (TPSA) is 70.9 Å². The molecule has 0 saturated carbocycles. The lowest BCUT2D eigenvalue weighted by atomic mass is 9.96. The molecule has 39 heavy (non-hydrogen) atoms. The van der Waals surface area contributed by atoms with E-state index in [1.165, 1.54) is 11.3 Å². The van der Waals surface area contributed by atoms with Crippen molar-refractivity contribution in [1.29, 1.82) is 0 Å². The first-order valence-corrected chi connectivity index (χ1v) is 14.5. The summed E-state index contributed by atoms with van der Waals surface area (Å²) in [6.45, 7) is 4.78. The highest BCUT2D eigenvalue weighted by atomic mass is 32.1. The van der Waals surface area contributed by atoms with Crippen molar-refractivity contribution < 1.29 is 18.3 Å². The quantitative estimate of drug-likeness (QED) is 0.301.